The number of aliphatic hydroxyl groups is 1. The molecule has 0 radical (unpaired) electrons. The summed E-state index contributed by atoms with van der Waals surface area (Å²) in [6.07, 6.45) is 3.24. The number of halogens is 1. The minimum Gasteiger partial charge on any atom is -0.419 e. The summed E-state index contributed by atoms with van der Waals surface area (Å²) < 4.78 is 6.62. The maximum atomic E-state index is 9.04. The molecule has 0 bridgehead atoms. The van der Waals surface area contributed by atoms with Gasteiger partial charge in [-0.05, 0) is 52.7 Å². The number of benzene rings is 1. The lowest BCUT2D eigenvalue weighted by Crippen LogP contribution is -2.24. The summed E-state index contributed by atoms with van der Waals surface area (Å²) in [5, 5.41) is 20.5. The van der Waals surface area contributed by atoms with Gasteiger partial charge < -0.3 is 14.8 Å². The lowest BCUT2D eigenvalue weighted by atomic mass is 10.0. The average molecular weight is 352 g/mol. The van der Waals surface area contributed by atoms with Gasteiger partial charge >= 0.3 is 0 Å². The summed E-state index contributed by atoms with van der Waals surface area (Å²) in [5.74, 6) is 1.11. The third-order valence-corrected chi connectivity index (χ3v) is 4.64. The SMILES string of the molecule is OCCC1(CNCc2nnc(-c3ccccc3Br)o2)CC1. The smallest absolute Gasteiger partial charge is 0.248 e. The summed E-state index contributed by atoms with van der Waals surface area (Å²) in [7, 11) is 0. The normalized spacial score (nSPS) is 16.1. The monoisotopic (exact) mass is 351 g/mol. The Bertz CT molecular complexity index is 610. The van der Waals surface area contributed by atoms with Gasteiger partial charge in [0.25, 0.3) is 0 Å². The molecule has 0 amide bonds. The van der Waals surface area contributed by atoms with E-state index in [4.69, 9.17) is 9.52 Å². The van der Waals surface area contributed by atoms with Crippen LogP contribution in [-0.2, 0) is 6.54 Å². The Morgan fingerprint density at radius 3 is 2.81 bits per heavy atom. The van der Waals surface area contributed by atoms with Gasteiger partial charge in [-0.15, -0.1) is 10.2 Å². The van der Waals surface area contributed by atoms with E-state index in [0.717, 1.165) is 23.0 Å². The topological polar surface area (TPSA) is 71.2 Å². The van der Waals surface area contributed by atoms with E-state index in [1.807, 2.05) is 24.3 Å². The molecule has 1 saturated carbocycles. The van der Waals surface area contributed by atoms with Crippen LogP contribution in [0.2, 0.25) is 0 Å². The van der Waals surface area contributed by atoms with Crippen LogP contribution in [0.15, 0.2) is 33.2 Å². The van der Waals surface area contributed by atoms with Crippen molar-refractivity contribution in [2.45, 2.75) is 25.8 Å². The van der Waals surface area contributed by atoms with E-state index in [1.54, 1.807) is 0 Å². The number of aromatic nitrogens is 2. The minimum absolute atomic E-state index is 0.258. The molecule has 1 aromatic carbocycles. The van der Waals surface area contributed by atoms with Gasteiger partial charge in [0.2, 0.25) is 11.8 Å². The third kappa shape index (κ3) is 3.51. The molecule has 0 unspecified atom stereocenters. The first-order valence-electron chi connectivity index (χ1n) is 7.11. The van der Waals surface area contributed by atoms with Crippen LogP contribution in [0, 0.1) is 5.41 Å². The standard InChI is InChI=1S/C15H18BrN3O2/c16-12-4-2-1-3-11(12)14-19-18-13(21-14)9-17-10-15(5-6-15)7-8-20/h1-4,17,20H,5-10H2. The Hall–Kier alpha value is -1.24. The highest BCUT2D eigenvalue weighted by Gasteiger charge is 2.41. The molecule has 21 heavy (non-hydrogen) atoms. The molecule has 3 rings (SSSR count). The number of nitrogens with one attached hydrogen (secondary N) is 1. The molecule has 0 atom stereocenters. The molecule has 1 aliphatic carbocycles. The first-order chi connectivity index (χ1) is 10.2. The van der Waals surface area contributed by atoms with Crippen molar-refractivity contribution >= 4 is 15.9 Å². The highest BCUT2D eigenvalue weighted by molar-refractivity contribution is 9.10. The van der Waals surface area contributed by atoms with Gasteiger partial charge in [-0.1, -0.05) is 12.1 Å². The molecule has 2 N–H and O–H groups in total. The predicted molar refractivity (Wildman–Crippen MR) is 82.5 cm³/mol. The number of nitrogens with zero attached hydrogens (tertiary/aromatic N) is 2. The molecule has 0 spiro atoms. The van der Waals surface area contributed by atoms with Crippen molar-refractivity contribution in [1.82, 2.24) is 15.5 Å². The van der Waals surface area contributed by atoms with E-state index in [0.29, 0.717) is 23.7 Å². The summed E-state index contributed by atoms with van der Waals surface area (Å²) >= 11 is 3.48. The zero-order valence-electron chi connectivity index (χ0n) is 11.7. The Balaban J connectivity index is 1.57. The van der Waals surface area contributed by atoms with Crippen LogP contribution in [0.4, 0.5) is 0 Å². The molecule has 0 saturated heterocycles. The molecule has 1 aromatic heterocycles. The largest absolute Gasteiger partial charge is 0.419 e. The zero-order valence-corrected chi connectivity index (χ0v) is 13.3. The van der Waals surface area contributed by atoms with Crippen molar-refractivity contribution in [1.29, 1.82) is 0 Å². The zero-order chi connectivity index (χ0) is 14.7. The number of rotatable bonds is 7. The first-order valence-corrected chi connectivity index (χ1v) is 7.91. The number of aliphatic hydroxyl groups excluding tert-OH is 1. The van der Waals surface area contributed by atoms with Crippen LogP contribution in [0.3, 0.4) is 0 Å². The predicted octanol–water partition coefficient (Wildman–Crippen LogP) is 2.75. The summed E-state index contributed by atoms with van der Waals surface area (Å²) in [4.78, 5) is 0. The lowest BCUT2D eigenvalue weighted by molar-refractivity contribution is 0.244. The fraction of sp³-hybridized carbons (Fsp3) is 0.467. The Morgan fingerprint density at radius 2 is 2.10 bits per heavy atom. The van der Waals surface area contributed by atoms with Crippen molar-refractivity contribution in [3.05, 3.63) is 34.6 Å². The highest BCUT2D eigenvalue weighted by atomic mass is 79.9. The maximum absolute atomic E-state index is 9.04. The molecular formula is C15H18BrN3O2. The molecule has 1 heterocycles. The van der Waals surface area contributed by atoms with Crippen LogP contribution in [0.5, 0.6) is 0 Å². The van der Waals surface area contributed by atoms with Gasteiger partial charge in [0.1, 0.15) is 0 Å². The molecule has 1 fully saturated rings. The van der Waals surface area contributed by atoms with Crippen molar-refractivity contribution in [3.8, 4) is 11.5 Å². The molecule has 5 nitrogen and oxygen atoms in total. The van der Waals surface area contributed by atoms with Gasteiger partial charge in [0, 0.05) is 17.6 Å². The molecule has 2 aromatic rings. The fourth-order valence-electron chi connectivity index (χ4n) is 2.43. The van der Waals surface area contributed by atoms with E-state index in [9.17, 15) is 0 Å². The van der Waals surface area contributed by atoms with Crippen LogP contribution in [0.1, 0.15) is 25.2 Å². The highest BCUT2D eigenvalue weighted by Crippen LogP contribution is 2.47. The van der Waals surface area contributed by atoms with E-state index in [2.05, 4.69) is 31.4 Å². The van der Waals surface area contributed by atoms with E-state index in [-0.39, 0.29) is 6.61 Å². The van der Waals surface area contributed by atoms with Gasteiger partial charge in [-0.2, -0.15) is 0 Å². The van der Waals surface area contributed by atoms with Gasteiger partial charge in [0.15, 0.2) is 0 Å². The minimum atomic E-state index is 0.258. The number of hydrogen-bond acceptors (Lipinski definition) is 5. The molecule has 1 aliphatic rings. The van der Waals surface area contributed by atoms with Crippen LogP contribution >= 0.6 is 15.9 Å². The Kier molecular flexibility index (Phi) is 4.37. The van der Waals surface area contributed by atoms with Crippen molar-refractivity contribution < 1.29 is 9.52 Å². The van der Waals surface area contributed by atoms with E-state index in [1.165, 1.54) is 12.8 Å². The van der Waals surface area contributed by atoms with Crippen LogP contribution in [-0.4, -0.2) is 28.5 Å². The Morgan fingerprint density at radius 1 is 1.29 bits per heavy atom. The second-order valence-electron chi connectivity index (χ2n) is 5.56. The molecule has 0 aliphatic heterocycles. The van der Waals surface area contributed by atoms with E-state index < -0.39 is 0 Å². The molecular weight excluding hydrogens is 334 g/mol. The summed E-state index contributed by atoms with van der Waals surface area (Å²) in [6.45, 7) is 1.71. The third-order valence-electron chi connectivity index (χ3n) is 3.95. The van der Waals surface area contributed by atoms with E-state index >= 15 is 0 Å². The van der Waals surface area contributed by atoms with Crippen molar-refractivity contribution in [3.63, 3.8) is 0 Å². The first kappa shape index (κ1) is 14.7. The van der Waals surface area contributed by atoms with Crippen molar-refractivity contribution in [2.24, 2.45) is 5.41 Å². The lowest BCUT2D eigenvalue weighted by Gasteiger charge is -2.13. The second kappa shape index (κ2) is 6.25. The summed E-state index contributed by atoms with van der Waals surface area (Å²) in [5.41, 5.74) is 1.19. The summed E-state index contributed by atoms with van der Waals surface area (Å²) in [6, 6.07) is 7.77. The Labute approximate surface area is 131 Å². The quantitative estimate of drug-likeness (QED) is 0.802. The van der Waals surface area contributed by atoms with Gasteiger partial charge in [-0.3, -0.25) is 0 Å². The fourth-order valence-corrected chi connectivity index (χ4v) is 2.89. The van der Waals surface area contributed by atoms with Crippen LogP contribution in [0.25, 0.3) is 11.5 Å². The molecule has 6 heteroatoms. The van der Waals surface area contributed by atoms with Crippen LogP contribution < -0.4 is 5.32 Å². The molecule has 112 valence electrons. The maximum Gasteiger partial charge on any atom is 0.248 e. The second-order valence-corrected chi connectivity index (χ2v) is 6.41. The number of hydrogen-bond donors (Lipinski definition) is 2. The van der Waals surface area contributed by atoms with Gasteiger partial charge in [0.05, 0.1) is 12.1 Å². The average Bonchev–Trinajstić information content (AvgIpc) is 3.08. The van der Waals surface area contributed by atoms with Gasteiger partial charge in [-0.25, -0.2) is 0 Å². The van der Waals surface area contributed by atoms with Crippen molar-refractivity contribution in [2.75, 3.05) is 13.2 Å².